The van der Waals surface area contributed by atoms with Crippen molar-refractivity contribution in [3.05, 3.63) is 41.6 Å². The molecule has 1 heterocycles. The van der Waals surface area contributed by atoms with Gasteiger partial charge in [0.25, 0.3) is 0 Å². The largest absolute Gasteiger partial charge is 0.310 e. The number of carbonyl (C=O) groups excluding carboxylic acids is 1. The monoisotopic (exact) mass is 269 g/mol. The van der Waals surface area contributed by atoms with Crippen LogP contribution in [0.25, 0.3) is 5.69 Å². The van der Waals surface area contributed by atoms with Gasteiger partial charge in [-0.1, -0.05) is 32.0 Å². The van der Waals surface area contributed by atoms with Gasteiger partial charge >= 0.3 is 0 Å². The number of aryl methyl sites for hydroxylation is 1. The smallest absolute Gasteiger partial charge is 0.228 e. The van der Waals surface area contributed by atoms with Crippen LogP contribution in [0.2, 0.25) is 0 Å². The van der Waals surface area contributed by atoms with Crippen molar-refractivity contribution in [2.75, 3.05) is 5.32 Å². The molecule has 0 saturated carbocycles. The van der Waals surface area contributed by atoms with Gasteiger partial charge in [-0.25, -0.2) is 4.68 Å². The van der Waals surface area contributed by atoms with Crippen molar-refractivity contribution in [1.82, 2.24) is 9.78 Å². The fourth-order valence-electron chi connectivity index (χ4n) is 2.54. The molecule has 4 nitrogen and oxygen atoms in total. The summed E-state index contributed by atoms with van der Waals surface area (Å²) < 4.78 is 1.87. The molecule has 1 aliphatic rings. The van der Waals surface area contributed by atoms with Crippen molar-refractivity contribution in [3.63, 3.8) is 0 Å². The lowest BCUT2D eigenvalue weighted by Crippen LogP contribution is -2.20. The highest BCUT2D eigenvalue weighted by atomic mass is 16.1. The maximum atomic E-state index is 12.0. The lowest BCUT2D eigenvalue weighted by atomic mass is 10.2. The molecular formula is C16H19N3O. The number of carbonyl (C=O) groups is 1. The first-order chi connectivity index (χ1) is 9.66. The van der Waals surface area contributed by atoms with Crippen LogP contribution in [0.4, 0.5) is 5.82 Å². The Morgan fingerprint density at radius 3 is 2.70 bits per heavy atom. The van der Waals surface area contributed by atoms with E-state index in [-0.39, 0.29) is 11.8 Å². The number of aromatic nitrogens is 2. The first-order valence-electron chi connectivity index (χ1n) is 7.14. The van der Waals surface area contributed by atoms with E-state index in [0.29, 0.717) is 0 Å². The van der Waals surface area contributed by atoms with Gasteiger partial charge in [0.05, 0.1) is 11.4 Å². The van der Waals surface area contributed by atoms with E-state index in [1.807, 2.05) is 48.9 Å². The average Bonchev–Trinajstić information content (AvgIpc) is 3.02. The Balaban J connectivity index is 2.04. The Morgan fingerprint density at radius 2 is 2.00 bits per heavy atom. The van der Waals surface area contributed by atoms with Crippen LogP contribution in [-0.4, -0.2) is 15.7 Å². The minimum absolute atomic E-state index is 0.0359. The van der Waals surface area contributed by atoms with E-state index < -0.39 is 0 Å². The summed E-state index contributed by atoms with van der Waals surface area (Å²) >= 11 is 0. The summed E-state index contributed by atoms with van der Waals surface area (Å²) in [4.78, 5) is 12.0. The van der Waals surface area contributed by atoms with E-state index in [9.17, 15) is 4.79 Å². The summed E-state index contributed by atoms with van der Waals surface area (Å²) in [6.45, 7) is 3.80. The standard InChI is InChI=1S/C16H19N3O/c1-11(2)16(20)17-15-13-9-6-10-14(13)18-19(15)12-7-4-3-5-8-12/h3-5,7-8,11H,6,9-10H2,1-2H3,(H,17,20). The van der Waals surface area contributed by atoms with Gasteiger partial charge < -0.3 is 5.32 Å². The molecule has 1 N–H and O–H groups in total. The van der Waals surface area contributed by atoms with Crippen LogP contribution >= 0.6 is 0 Å². The average molecular weight is 269 g/mol. The quantitative estimate of drug-likeness (QED) is 0.931. The van der Waals surface area contributed by atoms with E-state index in [0.717, 1.165) is 36.5 Å². The molecule has 20 heavy (non-hydrogen) atoms. The van der Waals surface area contributed by atoms with Crippen molar-refractivity contribution in [3.8, 4) is 5.69 Å². The lowest BCUT2D eigenvalue weighted by molar-refractivity contribution is -0.118. The molecule has 0 spiro atoms. The summed E-state index contributed by atoms with van der Waals surface area (Å²) in [6.07, 6.45) is 3.12. The fourth-order valence-corrected chi connectivity index (χ4v) is 2.54. The number of para-hydroxylation sites is 1. The van der Waals surface area contributed by atoms with Gasteiger partial charge in [-0.15, -0.1) is 0 Å². The predicted molar refractivity (Wildman–Crippen MR) is 79.1 cm³/mol. The second-order valence-electron chi connectivity index (χ2n) is 5.52. The number of rotatable bonds is 3. The van der Waals surface area contributed by atoms with Crippen LogP contribution in [0, 0.1) is 5.92 Å². The number of hydrogen-bond donors (Lipinski definition) is 1. The third kappa shape index (κ3) is 2.22. The summed E-state index contributed by atoms with van der Waals surface area (Å²) in [5, 5.41) is 7.73. The SMILES string of the molecule is CC(C)C(=O)Nc1c2c(nn1-c1ccccc1)CCC2. The molecule has 0 unspecified atom stereocenters. The molecule has 0 atom stereocenters. The van der Waals surface area contributed by atoms with Crippen LogP contribution < -0.4 is 5.32 Å². The summed E-state index contributed by atoms with van der Waals surface area (Å²) in [7, 11) is 0. The maximum absolute atomic E-state index is 12.0. The summed E-state index contributed by atoms with van der Waals surface area (Å²) in [5.41, 5.74) is 3.30. The zero-order valence-corrected chi connectivity index (χ0v) is 11.9. The second-order valence-corrected chi connectivity index (χ2v) is 5.52. The van der Waals surface area contributed by atoms with Crippen LogP contribution in [0.15, 0.2) is 30.3 Å². The highest BCUT2D eigenvalue weighted by molar-refractivity contribution is 5.92. The summed E-state index contributed by atoms with van der Waals surface area (Å²) in [5.74, 6) is 0.852. The normalized spacial score (nSPS) is 13.6. The number of anilines is 1. The highest BCUT2D eigenvalue weighted by Crippen LogP contribution is 2.31. The summed E-state index contributed by atoms with van der Waals surface area (Å²) in [6, 6.07) is 9.96. The van der Waals surface area contributed by atoms with Gasteiger partial charge in [0, 0.05) is 11.5 Å². The van der Waals surface area contributed by atoms with E-state index >= 15 is 0 Å². The molecule has 1 aromatic heterocycles. The molecule has 4 heteroatoms. The molecule has 3 rings (SSSR count). The van der Waals surface area contributed by atoms with Crippen molar-refractivity contribution < 1.29 is 4.79 Å². The van der Waals surface area contributed by atoms with Crippen LogP contribution in [-0.2, 0) is 17.6 Å². The van der Waals surface area contributed by atoms with Gasteiger partial charge in [-0.3, -0.25) is 4.79 Å². The van der Waals surface area contributed by atoms with Gasteiger partial charge in [-0.2, -0.15) is 5.10 Å². The third-order valence-corrected chi connectivity index (χ3v) is 3.67. The van der Waals surface area contributed by atoms with Gasteiger partial charge in [0.1, 0.15) is 5.82 Å². The third-order valence-electron chi connectivity index (χ3n) is 3.67. The van der Waals surface area contributed by atoms with Gasteiger partial charge in [0.15, 0.2) is 0 Å². The van der Waals surface area contributed by atoms with E-state index in [4.69, 9.17) is 0 Å². The van der Waals surface area contributed by atoms with E-state index in [1.54, 1.807) is 0 Å². The molecule has 0 saturated heterocycles. The predicted octanol–water partition coefficient (Wildman–Crippen LogP) is 2.96. The number of amides is 1. The number of nitrogens with zero attached hydrogens (tertiary/aromatic N) is 2. The highest BCUT2D eigenvalue weighted by Gasteiger charge is 2.24. The zero-order chi connectivity index (χ0) is 14.1. The molecule has 1 aromatic carbocycles. The number of fused-ring (bicyclic) bond motifs is 1. The van der Waals surface area contributed by atoms with Gasteiger partial charge in [0.2, 0.25) is 5.91 Å². The molecule has 104 valence electrons. The maximum Gasteiger partial charge on any atom is 0.228 e. The van der Waals surface area contributed by atoms with Crippen LogP contribution in [0.5, 0.6) is 0 Å². The van der Waals surface area contributed by atoms with Crippen LogP contribution in [0.3, 0.4) is 0 Å². The van der Waals surface area contributed by atoms with Crippen molar-refractivity contribution >= 4 is 11.7 Å². The van der Waals surface area contributed by atoms with Crippen molar-refractivity contribution in [2.45, 2.75) is 33.1 Å². The van der Waals surface area contributed by atoms with E-state index in [2.05, 4.69) is 10.4 Å². The van der Waals surface area contributed by atoms with Crippen molar-refractivity contribution in [1.29, 1.82) is 0 Å². The fraction of sp³-hybridized carbons (Fsp3) is 0.375. The first kappa shape index (κ1) is 12.9. The molecule has 0 aliphatic heterocycles. The minimum Gasteiger partial charge on any atom is -0.310 e. The Kier molecular flexibility index (Phi) is 3.30. The molecular weight excluding hydrogens is 250 g/mol. The topological polar surface area (TPSA) is 46.9 Å². The lowest BCUT2D eigenvalue weighted by Gasteiger charge is -2.12. The number of benzene rings is 1. The van der Waals surface area contributed by atoms with Crippen molar-refractivity contribution in [2.24, 2.45) is 5.92 Å². The van der Waals surface area contributed by atoms with Crippen LogP contribution in [0.1, 0.15) is 31.5 Å². The number of nitrogens with one attached hydrogen (secondary N) is 1. The first-order valence-corrected chi connectivity index (χ1v) is 7.14. The Labute approximate surface area is 118 Å². The molecule has 1 amide bonds. The molecule has 1 aliphatic carbocycles. The number of hydrogen-bond acceptors (Lipinski definition) is 2. The van der Waals surface area contributed by atoms with Gasteiger partial charge in [-0.05, 0) is 31.4 Å². The minimum atomic E-state index is -0.0359. The Morgan fingerprint density at radius 1 is 1.25 bits per heavy atom. The molecule has 0 radical (unpaired) electrons. The molecule has 0 fully saturated rings. The molecule has 0 bridgehead atoms. The Hall–Kier alpha value is -2.10. The second kappa shape index (κ2) is 5.12. The molecule has 2 aromatic rings. The Bertz CT molecular complexity index is 629. The van der Waals surface area contributed by atoms with E-state index in [1.165, 1.54) is 5.56 Å². The zero-order valence-electron chi connectivity index (χ0n) is 11.9.